The molecule has 1 fully saturated rings. The van der Waals surface area contributed by atoms with E-state index in [4.69, 9.17) is 5.11 Å². The van der Waals surface area contributed by atoms with Crippen LogP contribution in [0.25, 0.3) is 17.2 Å². The summed E-state index contributed by atoms with van der Waals surface area (Å²) in [6.07, 6.45) is 1.67. The van der Waals surface area contributed by atoms with Gasteiger partial charge in [-0.25, -0.2) is 4.79 Å². The molecular weight excluding hydrogens is 326 g/mol. The maximum atomic E-state index is 11.9. The summed E-state index contributed by atoms with van der Waals surface area (Å²) < 4.78 is 0. The lowest BCUT2D eigenvalue weighted by molar-refractivity contribution is -0.121. The molecule has 24 heavy (non-hydrogen) atoms. The summed E-state index contributed by atoms with van der Waals surface area (Å²) in [6, 6.07) is 14.0. The maximum absolute atomic E-state index is 11.9. The normalized spacial score (nSPS) is 16.0. The van der Waals surface area contributed by atoms with Crippen LogP contribution >= 0.6 is 11.8 Å². The highest BCUT2D eigenvalue weighted by molar-refractivity contribution is 8.18. The van der Waals surface area contributed by atoms with E-state index in [0.717, 1.165) is 33.4 Å². The summed E-state index contributed by atoms with van der Waals surface area (Å²) in [4.78, 5) is 36.0. The van der Waals surface area contributed by atoms with Crippen LogP contribution in [0.4, 0.5) is 4.79 Å². The summed E-state index contributed by atoms with van der Waals surface area (Å²) >= 11 is 0.905. The maximum Gasteiger partial charge on any atom is 0.335 e. The van der Waals surface area contributed by atoms with Crippen LogP contribution in [0.1, 0.15) is 15.9 Å². The van der Waals surface area contributed by atoms with Crippen LogP contribution in [0, 0.1) is 0 Å². The highest BCUT2D eigenvalue weighted by Crippen LogP contribution is 2.31. The molecule has 0 bridgehead atoms. The van der Waals surface area contributed by atoms with Gasteiger partial charge in [-0.05, 0) is 52.7 Å². The average Bonchev–Trinajstić information content (AvgIpc) is 2.82. The van der Waals surface area contributed by atoms with Gasteiger partial charge in [0.25, 0.3) is 11.1 Å². The third kappa shape index (κ3) is 3.09. The van der Waals surface area contributed by atoms with Crippen LogP contribution in [0.5, 0.6) is 0 Å². The van der Waals surface area contributed by atoms with Crippen molar-refractivity contribution in [1.82, 2.24) is 4.90 Å². The SMILES string of the molecule is CN1C(=O)S/C(=C\c2cccc(-c3cccc(C(=O)O)c3)c2)C1=O. The fourth-order valence-electron chi connectivity index (χ4n) is 2.34. The molecule has 0 aromatic heterocycles. The molecule has 2 aromatic carbocycles. The van der Waals surface area contributed by atoms with E-state index in [0.29, 0.717) is 4.91 Å². The van der Waals surface area contributed by atoms with Crippen molar-refractivity contribution in [2.24, 2.45) is 0 Å². The molecule has 120 valence electrons. The third-order valence-corrected chi connectivity index (χ3v) is 4.57. The number of carbonyl (C=O) groups is 3. The molecule has 5 nitrogen and oxygen atoms in total. The van der Waals surface area contributed by atoms with E-state index < -0.39 is 5.97 Å². The van der Waals surface area contributed by atoms with Gasteiger partial charge >= 0.3 is 5.97 Å². The summed E-state index contributed by atoms with van der Waals surface area (Å²) in [7, 11) is 1.45. The minimum atomic E-state index is -0.982. The number of amides is 2. The molecule has 0 saturated carbocycles. The number of carboxylic acids is 1. The predicted molar refractivity (Wildman–Crippen MR) is 92.6 cm³/mol. The topological polar surface area (TPSA) is 74.7 Å². The Kier molecular flexibility index (Phi) is 4.22. The van der Waals surface area contributed by atoms with Crippen LogP contribution in [-0.4, -0.2) is 34.2 Å². The lowest BCUT2D eigenvalue weighted by Gasteiger charge is -2.05. The van der Waals surface area contributed by atoms with Crippen molar-refractivity contribution in [2.75, 3.05) is 7.05 Å². The van der Waals surface area contributed by atoms with E-state index >= 15 is 0 Å². The highest BCUT2D eigenvalue weighted by atomic mass is 32.2. The first kappa shape index (κ1) is 16.0. The Bertz CT molecular complexity index is 888. The molecule has 1 N–H and O–H groups in total. The molecular formula is C18H13NO4S. The molecule has 3 rings (SSSR count). The zero-order valence-electron chi connectivity index (χ0n) is 12.7. The van der Waals surface area contributed by atoms with Crippen molar-refractivity contribution < 1.29 is 19.5 Å². The van der Waals surface area contributed by atoms with Gasteiger partial charge < -0.3 is 5.11 Å². The number of carbonyl (C=O) groups excluding carboxylic acids is 2. The van der Waals surface area contributed by atoms with E-state index in [1.165, 1.54) is 13.1 Å². The molecule has 0 atom stereocenters. The number of nitrogens with zero attached hydrogens (tertiary/aromatic N) is 1. The zero-order chi connectivity index (χ0) is 17.3. The fourth-order valence-corrected chi connectivity index (χ4v) is 3.16. The fraction of sp³-hybridized carbons (Fsp3) is 0.0556. The molecule has 0 spiro atoms. The Balaban J connectivity index is 1.96. The molecule has 6 heteroatoms. The second kappa shape index (κ2) is 6.33. The molecule has 0 aliphatic carbocycles. The number of imide groups is 1. The van der Waals surface area contributed by atoms with Gasteiger partial charge in [0.15, 0.2) is 0 Å². The van der Waals surface area contributed by atoms with E-state index in [2.05, 4.69) is 0 Å². The second-order valence-corrected chi connectivity index (χ2v) is 6.25. The first-order valence-electron chi connectivity index (χ1n) is 7.11. The number of carboxylic acid groups (broad SMARTS) is 1. The van der Waals surface area contributed by atoms with E-state index in [-0.39, 0.29) is 16.7 Å². The quantitative estimate of drug-likeness (QED) is 0.863. The smallest absolute Gasteiger partial charge is 0.335 e. The number of likely N-dealkylation sites (N-methyl/N-ethyl adjacent to an activating group) is 1. The lowest BCUT2D eigenvalue weighted by Crippen LogP contribution is -2.22. The lowest BCUT2D eigenvalue weighted by atomic mass is 10.0. The number of hydrogen-bond acceptors (Lipinski definition) is 4. The molecule has 0 unspecified atom stereocenters. The molecule has 0 radical (unpaired) electrons. The Morgan fingerprint density at radius 2 is 1.75 bits per heavy atom. The van der Waals surface area contributed by atoms with Gasteiger partial charge in [0, 0.05) is 7.05 Å². The molecule has 2 aromatic rings. The summed E-state index contributed by atoms with van der Waals surface area (Å²) in [5.74, 6) is -1.30. The highest BCUT2D eigenvalue weighted by Gasteiger charge is 2.31. The zero-order valence-corrected chi connectivity index (χ0v) is 13.5. The molecule has 2 amide bonds. The van der Waals surface area contributed by atoms with Crippen molar-refractivity contribution in [3.8, 4) is 11.1 Å². The number of hydrogen-bond donors (Lipinski definition) is 1. The monoisotopic (exact) mass is 339 g/mol. The first-order valence-corrected chi connectivity index (χ1v) is 7.93. The van der Waals surface area contributed by atoms with Gasteiger partial charge in [-0.15, -0.1) is 0 Å². The Hall–Kier alpha value is -2.86. The van der Waals surface area contributed by atoms with Crippen LogP contribution < -0.4 is 0 Å². The van der Waals surface area contributed by atoms with Crippen molar-refractivity contribution in [3.63, 3.8) is 0 Å². The minimum absolute atomic E-state index is 0.213. The van der Waals surface area contributed by atoms with Gasteiger partial charge in [0.2, 0.25) is 0 Å². The predicted octanol–water partition coefficient (Wildman–Crippen LogP) is 3.72. The van der Waals surface area contributed by atoms with Gasteiger partial charge in [-0.3, -0.25) is 14.5 Å². The van der Waals surface area contributed by atoms with Gasteiger partial charge in [-0.2, -0.15) is 0 Å². The average molecular weight is 339 g/mol. The molecule has 1 aliphatic rings. The van der Waals surface area contributed by atoms with Crippen molar-refractivity contribution in [3.05, 3.63) is 64.6 Å². The molecule has 1 saturated heterocycles. The van der Waals surface area contributed by atoms with E-state index in [1.807, 2.05) is 30.3 Å². The van der Waals surface area contributed by atoms with Gasteiger partial charge in [0.05, 0.1) is 10.5 Å². The number of benzene rings is 2. The van der Waals surface area contributed by atoms with Crippen LogP contribution in [0.2, 0.25) is 0 Å². The van der Waals surface area contributed by atoms with Crippen LogP contribution in [0.15, 0.2) is 53.4 Å². The van der Waals surface area contributed by atoms with Crippen LogP contribution in [0.3, 0.4) is 0 Å². The van der Waals surface area contributed by atoms with Gasteiger partial charge in [0.1, 0.15) is 0 Å². The second-order valence-electron chi connectivity index (χ2n) is 5.25. The van der Waals surface area contributed by atoms with Gasteiger partial charge in [-0.1, -0.05) is 30.3 Å². The number of rotatable bonds is 3. The van der Waals surface area contributed by atoms with E-state index in [9.17, 15) is 14.4 Å². The van der Waals surface area contributed by atoms with Crippen LogP contribution in [-0.2, 0) is 4.79 Å². The largest absolute Gasteiger partial charge is 0.478 e. The third-order valence-electron chi connectivity index (χ3n) is 3.61. The molecule has 1 heterocycles. The van der Waals surface area contributed by atoms with E-state index in [1.54, 1.807) is 18.2 Å². The Labute approximate surface area is 142 Å². The number of thioether (sulfide) groups is 1. The summed E-state index contributed by atoms with van der Waals surface area (Å²) in [6.45, 7) is 0. The summed E-state index contributed by atoms with van der Waals surface area (Å²) in [5, 5.41) is 8.80. The van der Waals surface area contributed by atoms with Crippen molar-refractivity contribution >= 4 is 35.0 Å². The van der Waals surface area contributed by atoms with Crippen molar-refractivity contribution in [2.45, 2.75) is 0 Å². The standard InChI is InChI=1S/C18H13NO4S/c1-19-16(20)15(24-18(19)23)9-11-4-2-5-12(8-11)13-6-3-7-14(10-13)17(21)22/h2-10H,1H3,(H,21,22)/b15-9-. The Morgan fingerprint density at radius 3 is 2.38 bits per heavy atom. The minimum Gasteiger partial charge on any atom is -0.478 e. The number of aromatic carboxylic acids is 1. The first-order chi connectivity index (χ1) is 11.5. The molecule has 1 aliphatic heterocycles. The Morgan fingerprint density at radius 1 is 1.08 bits per heavy atom. The summed E-state index contributed by atoms with van der Waals surface area (Å²) in [5.41, 5.74) is 2.59. The van der Waals surface area contributed by atoms with Crippen molar-refractivity contribution in [1.29, 1.82) is 0 Å².